The van der Waals surface area contributed by atoms with Crippen LogP contribution in [0.25, 0.3) is 0 Å². The molecule has 0 radical (unpaired) electrons. The van der Waals surface area contributed by atoms with E-state index in [0.29, 0.717) is 13.2 Å². The summed E-state index contributed by atoms with van der Waals surface area (Å²) >= 11 is 0. The fourth-order valence-corrected chi connectivity index (χ4v) is 3.00. The molecule has 3 N–H and O–H groups in total. The number of hydrogen-bond donors (Lipinski definition) is 3. The molecule has 5 heteroatoms. The maximum Gasteiger partial charge on any atom is 0.319 e. The average molecular weight is 318 g/mol. The van der Waals surface area contributed by atoms with Gasteiger partial charge in [-0.1, -0.05) is 25.0 Å². The van der Waals surface area contributed by atoms with Gasteiger partial charge in [0.25, 0.3) is 0 Å². The molecule has 2 fully saturated rings. The minimum Gasteiger partial charge on any atom is -0.388 e. The standard InChI is InChI=1S/C18H26N2O3/c21-17(19-13-18(22)8-1-2-9-18)20-16-5-3-4-15(10-16)12-23-11-14-6-7-14/h3-5,10,14,22H,1-2,6-9,11-13H2,(H2,19,20,21). The van der Waals surface area contributed by atoms with Gasteiger partial charge in [-0.25, -0.2) is 4.79 Å². The van der Waals surface area contributed by atoms with Gasteiger partial charge in [0.2, 0.25) is 0 Å². The number of ether oxygens (including phenoxy) is 1. The molecule has 2 aliphatic carbocycles. The summed E-state index contributed by atoms with van der Waals surface area (Å²) in [7, 11) is 0. The van der Waals surface area contributed by atoms with E-state index >= 15 is 0 Å². The molecule has 0 aliphatic heterocycles. The van der Waals surface area contributed by atoms with Gasteiger partial charge >= 0.3 is 6.03 Å². The third-order valence-corrected chi connectivity index (χ3v) is 4.62. The number of nitrogens with one attached hydrogen (secondary N) is 2. The quantitative estimate of drug-likeness (QED) is 0.723. The van der Waals surface area contributed by atoms with Crippen molar-refractivity contribution in [1.29, 1.82) is 0 Å². The maximum absolute atomic E-state index is 12.0. The van der Waals surface area contributed by atoms with E-state index in [9.17, 15) is 9.90 Å². The van der Waals surface area contributed by atoms with Gasteiger partial charge < -0.3 is 20.5 Å². The molecule has 0 atom stereocenters. The molecule has 1 aromatic rings. The first-order valence-corrected chi connectivity index (χ1v) is 8.57. The van der Waals surface area contributed by atoms with Gasteiger partial charge in [-0.05, 0) is 49.3 Å². The highest BCUT2D eigenvalue weighted by atomic mass is 16.5. The van der Waals surface area contributed by atoms with E-state index in [4.69, 9.17) is 4.74 Å². The van der Waals surface area contributed by atoms with Crippen LogP contribution in [-0.4, -0.2) is 29.9 Å². The molecule has 23 heavy (non-hydrogen) atoms. The van der Waals surface area contributed by atoms with Gasteiger partial charge in [0.1, 0.15) is 0 Å². The molecule has 0 unspecified atom stereocenters. The van der Waals surface area contributed by atoms with Crippen LogP contribution in [0.1, 0.15) is 44.1 Å². The molecule has 5 nitrogen and oxygen atoms in total. The fraction of sp³-hybridized carbons (Fsp3) is 0.611. The molecular formula is C18H26N2O3. The monoisotopic (exact) mass is 318 g/mol. The molecule has 1 aromatic carbocycles. The molecule has 2 aliphatic rings. The van der Waals surface area contributed by atoms with Crippen LogP contribution in [0.15, 0.2) is 24.3 Å². The summed E-state index contributed by atoms with van der Waals surface area (Å²) in [4.78, 5) is 12.0. The van der Waals surface area contributed by atoms with E-state index in [1.54, 1.807) is 0 Å². The van der Waals surface area contributed by atoms with Gasteiger partial charge in [0.15, 0.2) is 0 Å². The number of carbonyl (C=O) groups excluding carboxylic acids is 1. The molecule has 0 bridgehead atoms. The number of hydrogen-bond acceptors (Lipinski definition) is 3. The molecule has 2 amide bonds. The van der Waals surface area contributed by atoms with Crippen molar-refractivity contribution in [3.8, 4) is 0 Å². The summed E-state index contributed by atoms with van der Waals surface area (Å²) in [5.74, 6) is 0.753. The predicted molar refractivity (Wildman–Crippen MR) is 89.3 cm³/mol. The SMILES string of the molecule is O=C(NCC1(O)CCCC1)Nc1cccc(COCC2CC2)c1. The summed E-state index contributed by atoms with van der Waals surface area (Å²) in [5.41, 5.74) is 1.07. The lowest BCUT2D eigenvalue weighted by molar-refractivity contribution is 0.0506. The Balaban J connectivity index is 1.43. The average Bonchev–Trinajstić information content (AvgIpc) is 3.26. The number of carbonyl (C=O) groups is 1. The zero-order chi connectivity index (χ0) is 16.1. The van der Waals surface area contributed by atoms with Gasteiger partial charge in [-0.2, -0.15) is 0 Å². The molecule has 2 saturated carbocycles. The Bertz CT molecular complexity index is 537. The summed E-state index contributed by atoms with van der Waals surface area (Å²) in [5, 5.41) is 15.8. The van der Waals surface area contributed by atoms with E-state index in [1.807, 2.05) is 24.3 Å². The van der Waals surface area contributed by atoms with Crippen molar-refractivity contribution in [2.24, 2.45) is 5.92 Å². The largest absolute Gasteiger partial charge is 0.388 e. The van der Waals surface area contributed by atoms with Gasteiger partial charge in [-0.15, -0.1) is 0 Å². The molecule has 0 spiro atoms. The highest BCUT2D eigenvalue weighted by Gasteiger charge is 2.31. The van der Waals surface area contributed by atoms with E-state index in [0.717, 1.165) is 49.5 Å². The first kappa shape index (κ1) is 16.3. The fourth-order valence-electron chi connectivity index (χ4n) is 3.00. The zero-order valence-corrected chi connectivity index (χ0v) is 13.5. The van der Waals surface area contributed by atoms with Crippen molar-refractivity contribution in [3.63, 3.8) is 0 Å². The van der Waals surface area contributed by atoms with Crippen LogP contribution in [0.3, 0.4) is 0 Å². The van der Waals surface area contributed by atoms with Crippen LogP contribution in [0.2, 0.25) is 0 Å². The lowest BCUT2D eigenvalue weighted by atomic mass is 10.0. The zero-order valence-electron chi connectivity index (χ0n) is 13.5. The number of aliphatic hydroxyl groups is 1. The Kier molecular flexibility index (Phi) is 5.18. The van der Waals surface area contributed by atoms with E-state index in [-0.39, 0.29) is 6.03 Å². The van der Waals surface area contributed by atoms with Gasteiger partial charge in [0.05, 0.1) is 12.2 Å². The van der Waals surface area contributed by atoms with Crippen molar-refractivity contribution < 1.29 is 14.6 Å². The third-order valence-electron chi connectivity index (χ3n) is 4.62. The normalized spacial score (nSPS) is 19.5. The van der Waals surface area contributed by atoms with Crippen LogP contribution in [0, 0.1) is 5.92 Å². The Labute approximate surface area is 137 Å². The number of amides is 2. The number of urea groups is 1. The summed E-state index contributed by atoms with van der Waals surface area (Å²) < 4.78 is 5.67. The van der Waals surface area contributed by atoms with Crippen LogP contribution in [0.5, 0.6) is 0 Å². The third kappa shape index (κ3) is 5.22. The first-order valence-electron chi connectivity index (χ1n) is 8.57. The molecule has 3 rings (SSSR count). The number of anilines is 1. The second kappa shape index (κ2) is 7.32. The highest BCUT2D eigenvalue weighted by molar-refractivity contribution is 5.89. The summed E-state index contributed by atoms with van der Waals surface area (Å²) in [6, 6.07) is 7.42. The Hall–Kier alpha value is -1.59. The Morgan fingerprint density at radius 2 is 2.09 bits per heavy atom. The van der Waals surface area contributed by atoms with E-state index in [2.05, 4.69) is 10.6 Å². The Morgan fingerprint density at radius 1 is 1.30 bits per heavy atom. The first-order chi connectivity index (χ1) is 11.1. The molecule has 0 heterocycles. The van der Waals surface area contributed by atoms with Gasteiger partial charge in [0, 0.05) is 18.8 Å². The van der Waals surface area contributed by atoms with Crippen molar-refractivity contribution in [1.82, 2.24) is 5.32 Å². The minimum absolute atomic E-state index is 0.277. The van der Waals surface area contributed by atoms with Crippen LogP contribution < -0.4 is 10.6 Å². The van der Waals surface area contributed by atoms with Crippen LogP contribution in [-0.2, 0) is 11.3 Å². The molecule has 126 valence electrons. The van der Waals surface area contributed by atoms with Gasteiger partial charge in [-0.3, -0.25) is 0 Å². The van der Waals surface area contributed by atoms with Crippen molar-refractivity contribution in [2.45, 2.75) is 50.7 Å². The van der Waals surface area contributed by atoms with Crippen molar-refractivity contribution >= 4 is 11.7 Å². The van der Waals surface area contributed by atoms with Crippen LogP contribution in [0.4, 0.5) is 10.5 Å². The van der Waals surface area contributed by atoms with E-state index < -0.39 is 5.60 Å². The topological polar surface area (TPSA) is 70.6 Å². The molecular weight excluding hydrogens is 292 g/mol. The molecule has 0 aromatic heterocycles. The van der Waals surface area contributed by atoms with Crippen LogP contribution >= 0.6 is 0 Å². The number of benzene rings is 1. The second-order valence-electron chi connectivity index (χ2n) is 6.90. The van der Waals surface area contributed by atoms with Crippen molar-refractivity contribution in [2.75, 3.05) is 18.5 Å². The summed E-state index contributed by atoms with van der Waals surface area (Å²) in [6.45, 7) is 1.72. The maximum atomic E-state index is 12.0. The van der Waals surface area contributed by atoms with Crippen molar-refractivity contribution in [3.05, 3.63) is 29.8 Å². The smallest absolute Gasteiger partial charge is 0.319 e. The minimum atomic E-state index is -0.726. The Morgan fingerprint density at radius 3 is 2.83 bits per heavy atom. The highest BCUT2D eigenvalue weighted by Crippen LogP contribution is 2.29. The predicted octanol–water partition coefficient (Wildman–Crippen LogP) is 3.04. The second-order valence-corrected chi connectivity index (χ2v) is 6.90. The molecule has 0 saturated heterocycles. The lowest BCUT2D eigenvalue weighted by Gasteiger charge is -2.22. The summed E-state index contributed by atoms with van der Waals surface area (Å²) in [6.07, 6.45) is 6.16. The number of rotatable bonds is 7. The lowest BCUT2D eigenvalue weighted by Crippen LogP contribution is -2.42. The van der Waals surface area contributed by atoms with E-state index in [1.165, 1.54) is 12.8 Å².